The molecule has 3 aliphatic rings. The largest absolute Gasteiger partial charge is 0.474 e. The Morgan fingerprint density at radius 2 is 2.16 bits per heavy atom. The highest BCUT2D eigenvalue weighted by Gasteiger charge is 2.47. The lowest BCUT2D eigenvalue weighted by Crippen LogP contribution is -2.42. The van der Waals surface area contributed by atoms with Crippen molar-refractivity contribution in [3.63, 3.8) is 0 Å². The van der Waals surface area contributed by atoms with Gasteiger partial charge in [-0.25, -0.2) is 19.2 Å². The number of ether oxygens (including phenoxy) is 2. The third-order valence-corrected chi connectivity index (χ3v) is 7.74. The lowest BCUT2D eigenvalue weighted by atomic mass is 9.96. The van der Waals surface area contributed by atoms with Crippen LogP contribution in [0.1, 0.15) is 18.4 Å². The average Bonchev–Trinajstić information content (AvgIpc) is 3.46. The van der Waals surface area contributed by atoms with Crippen LogP contribution in [0.2, 0.25) is 0 Å². The van der Waals surface area contributed by atoms with Gasteiger partial charge in [-0.15, -0.1) is 0 Å². The lowest BCUT2D eigenvalue weighted by Gasteiger charge is -2.26. The van der Waals surface area contributed by atoms with Gasteiger partial charge >= 0.3 is 6.09 Å². The molecule has 11 heteroatoms. The topological polar surface area (TPSA) is 126 Å². The summed E-state index contributed by atoms with van der Waals surface area (Å²) in [5.74, 6) is 0.162. The molecular weight excluding hydrogens is 479 g/mol. The molecule has 2 aromatic heterocycles. The second-order valence-electron chi connectivity index (χ2n) is 10.2. The highest BCUT2D eigenvalue weighted by Crippen LogP contribution is 2.41. The number of nitrogen functional groups attached to an aromatic ring is 1. The molecule has 3 aromatic rings. The molecule has 0 unspecified atom stereocenters. The van der Waals surface area contributed by atoms with Crippen molar-refractivity contribution in [2.75, 3.05) is 55.8 Å². The van der Waals surface area contributed by atoms with E-state index >= 15 is 4.39 Å². The fraction of sp³-hybridized carbons (Fsp3) is 0.423. The summed E-state index contributed by atoms with van der Waals surface area (Å²) < 4.78 is 27.2. The number of hydrogen-bond donors (Lipinski definition) is 3. The van der Waals surface area contributed by atoms with Gasteiger partial charge in [-0.1, -0.05) is 0 Å². The van der Waals surface area contributed by atoms with Crippen LogP contribution in [-0.2, 0) is 4.74 Å². The van der Waals surface area contributed by atoms with Gasteiger partial charge in [0.1, 0.15) is 18.1 Å². The molecule has 0 saturated carbocycles. The average molecular weight is 509 g/mol. The smallest absolute Gasteiger partial charge is 0.413 e. The van der Waals surface area contributed by atoms with Gasteiger partial charge in [0.25, 0.3) is 0 Å². The summed E-state index contributed by atoms with van der Waals surface area (Å²) in [7, 11) is 2.04. The van der Waals surface area contributed by atoms with E-state index in [0.29, 0.717) is 48.4 Å². The molecule has 37 heavy (non-hydrogen) atoms. The molecule has 0 bridgehead atoms. The van der Waals surface area contributed by atoms with E-state index in [2.05, 4.69) is 20.2 Å². The zero-order chi connectivity index (χ0) is 25.9. The predicted molar refractivity (Wildman–Crippen MR) is 138 cm³/mol. The molecule has 5 heterocycles. The number of anilines is 3. The minimum atomic E-state index is -1.11. The molecule has 6 rings (SSSR count). The molecule has 2 atom stereocenters. The van der Waals surface area contributed by atoms with Gasteiger partial charge in [0.05, 0.1) is 23.9 Å². The van der Waals surface area contributed by atoms with E-state index in [9.17, 15) is 9.90 Å². The van der Waals surface area contributed by atoms with E-state index in [-0.39, 0.29) is 28.7 Å². The van der Waals surface area contributed by atoms with Crippen LogP contribution in [0.5, 0.6) is 5.88 Å². The normalized spacial score (nSPS) is 23.2. The van der Waals surface area contributed by atoms with Crippen molar-refractivity contribution in [2.45, 2.75) is 31.4 Å². The molecular formula is C26H29FN6O4. The Kier molecular flexibility index (Phi) is 5.57. The van der Waals surface area contributed by atoms with Crippen molar-refractivity contribution in [1.29, 1.82) is 0 Å². The maximum atomic E-state index is 15.5. The minimum Gasteiger partial charge on any atom is -0.474 e. The summed E-state index contributed by atoms with van der Waals surface area (Å²) in [5, 5.41) is 14.4. The Labute approximate surface area is 213 Å². The third kappa shape index (κ3) is 3.89. The number of likely N-dealkylation sites (tertiary alicyclic amines) is 1. The van der Waals surface area contributed by atoms with Gasteiger partial charge < -0.3 is 30.5 Å². The molecule has 1 spiro atoms. The molecule has 1 amide bonds. The second kappa shape index (κ2) is 8.70. The first-order chi connectivity index (χ1) is 17.8. The maximum absolute atomic E-state index is 15.5. The van der Waals surface area contributed by atoms with E-state index < -0.39 is 11.9 Å². The highest BCUT2D eigenvalue weighted by molar-refractivity contribution is 5.99. The van der Waals surface area contributed by atoms with Gasteiger partial charge in [0, 0.05) is 55.0 Å². The van der Waals surface area contributed by atoms with Crippen LogP contribution in [0.3, 0.4) is 0 Å². The fourth-order valence-electron chi connectivity index (χ4n) is 5.86. The molecule has 2 saturated heterocycles. The van der Waals surface area contributed by atoms with Crippen LogP contribution in [0, 0.1) is 12.7 Å². The first-order valence-electron chi connectivity index (χ1n) is 12.4. The zero-order valence-electron chi connectivity index (χ0n) is 20.8. The summed E-state index contributed by atoms with van der Waals surface area (Å²) in [4.78, 5) is 24.6. The predicted octanol–water partition coefficient (Wildman–Crippen LogP) is 3.48. The van der Waals surface area contributed by atoms with Crippen LogP contribution < -0.4 is 20.7 Å². The SMILES string of the molecule is Cc1c(-c2cc3cc(N(C(=O)O)[C@@H]4CO[C@@]5(CCN(C)C5)C4)ncc3c(N)c2F)cnc2c1NCCO2. The first-order valence-corrected chi connectivity index (χ1v) is 12.4. The fourth-order valence-corrected chi connectivity index (χ4v) is 5.86. The molecule has 2 fully saturated rings. The van der Waals surface area contributed by atoms with Crippen molar-refractivity contribution in [3.8, 4) is 17.0 Å². The van der Waals surface area contributed by atoms with Gasteiger partial charge in [-0.3, -0.25) is 4.90 Å². The van der Waals surface area contributed by atoms with Crippen molar-refractivity contribution >= 4 is 34.1 Å². The Morgan fingerprint density at radius 3 is 2.92 bits per heavy atom. The van der Waals surface area contributed by atoms with Crippen LogP contribution in [0.25, 0.3) is 21.9 Å². The van der Waals surface area contributed by atoms with E-state index in [1.807, 2.05) is 14.0 Å². The Hall–Kier alpha value is -3.70. The summed E-state index contributed by atoms with van der Waals surface area (Å²) >= 11 is 0. The molecule has 4 N–H and O–H groups in total. The summed E-state index contributed by atoms with van der Waals surface area (Å²) in [6.45, 7) is 5.00. The van der Waals surface area contributed by atoms with E-state index in [1.54, 1.807) is 18.3 Å². The number of amides is 1. The zero-order valence-corrected chi connectivity index (χ0v) is 20.8. The van der Waals surface area contributed by atoms with Gasteiger partial charge in [0.15, 0.2) is 5.82 Å². The van der Waals surface area contributed by atoms with Crippen molar-refractivity contribution < 1.29 is 23.8 Å². The maximum Gasteiger partial charge on any atom is 0.413 e. The number of aromatic nitrogens is 2. The second-order valence-corrected chi connectivity index (χ2v) is 10.2. The monoisotopic (exact) mass is 508 g/mol. The Balaban J connectivity index is 1.40. The number of hydrogen-bond acceptors (Lipinski definition) is 8. The van der Waals surface area contributed by atoms with Crippen molar-refractivity contribution in [1.82, 2.24) is 14.9 Å². The van der Waals surface area contributed by atoms with Crippen molar-refractivity contribution in [3.05, 3.63) is 35.9 Å². The number of pyridine rings is 2. The Morgan fingerprint density at radius 1 is 1.32 bits per heavy atom. The number of rotatable bonds is 3. The van der Waals surface area contributed by atoms with E-state index in [1.165, 1.54) is 11.1 Å². The molecule has 194 valence electrons. The minimum absolute atomic E-state index is 0.0492. The number of halogens is 1. The molecule has 3 aliphatic heterocycles. The highest BCUT2D eigenvalue weighted by atomic mass is 19.1. The number of carboxylic acid groups (broad SMARTS) is 1. The number of nitrogens with one attached hydrogen (secondary N) is 1. The summed E-state index contributed by atoms with van der Waals surface area (Å²) in [6.07, 6.45) is 3.36. The van der Waals surface area contributed by atoms with E-state index in [0.717, 1.165) is 30.8 Å². The van der Waals surface area contributed by atoms with Crippen LogP contribution in [0.4, 0.5) is 26.4 Å². The Bertz CT molecular complexity index is 1420. The first kappa shape index (κ1) is 23.7. The number of nitrogens with zero attached hydrogens (tertiary/aromatic N) is 4. The molecule has 10 nitrogen and oxygen atoms in total. The van der Waals surface area contributed by atoms with Crippen LogP contribution in [0.15, 0.2) is 24.5 Å². The number of likely N-dealkylation sites (N-methyl/N-ethyl adjacent to an activating group) is 1. The number of nitrogens with two attached hydrogens (primary N) is 1. The summed E-state index contributed by atoms with van der Waals surface area (Å²) in [5.41, 5.74) is 8.20. The quantitative estimate of drug-likeness (QED) is 0.456. The number of carbonyl (C=O) groups is 1. The third-order valence-electron chi connectivity index (χ3n) is 7.74. The standard InChI is InChI=1S/C26H29FN6O4/c1-14-18(10-31-24-23(14)29-4-6-36-24)17-7-15-8-20(30-11-19(15)22(28)21(17)27)33(25(34)35)16-9-26(37-12-16)3-5-32(2)13-26/h7-8,10-11,16,29H,3-6,9,12-13,28H2,1-2H3,(H,34,35)/t16-,26-/m0/s1. The van der Waals surface area contributed by atoms with Gasteiger partial charge in [-0.2, -0.15) is 0 Å². The van der Waals surface area contributed by atoms with Gasteiger partial charge in [0.2, 0.25) is 5.88 Å². The molecule has 0 aliphatic carbocycles. The lowest BCUT2D eigenvalue weighted by molar-refractivity contribution is 0.0141. The van der Waals surface area contributed by atoms with Crippen molar-refractivity contribution in [2.24, 2.45) is 0 Å². The molecule has 0 radical (unpaired) electrons. The summed E-state index contributed by atoms with van der Waals surface area (Å²) in [6, 6.07) is 2.95. The van der Waals surface area contributed by atoms with Gasteiger partial charge in [-0.05, 0) is 43.5 Å². The van der Waals surface area contributed by atoms with E-state index in [4.69, 9.17) is 15.2 Å². The number of benzene rings is 1. The van der Waals surface area contributed by atoms with Crippen LogP contribution in [-0.4, -0.2) is 77.6 Å². The molecule has 1 aromatic carbocycles. The van der Waals surface area contributed by atoms with Crippen LogP contribution >= 0.6 is 0 Å². The number of fused-ring (bicyclic) bond motifs is 2.